The van der Waals surface area contributed by atoms with Crippen molar-refractivity contribution in [2.24, 2.45) is 0 Å². The highest BCUT2D eigenvalue weighted by atomic mass is 32.1. The molecular weight excluding hydrogens is 218 g/mol. The van der Waals surface area contributed by atoms with Crippen molar-refractivity contribution >= 4 is 27.2 Å². The van der Waals surface area contributed by atoms with Gasteiger partial charge in [0.2, 0.25) is 0 Å². The molecule has 0 saturated heterocycles. The minimum atomic E-state index is 0.593. The molecule has 0 aliphatic carbocycles. The van der Waals surface area contributed by atoms with Crippen molar-refractivity contribution in [2.45, 2.75) is 0 Å². The van der Waals surface area contributed by atoms with Crippen LogP contribution in [0.3, 0.4) is 0 Å². The molecule has 0 aliphatic rings. The van der Waals surface area contributed by atoms with Crippen LogP contribution in [0.1, 0.15) is 0 Å². The number of thiazole rings is 1. The van der Waals surface area contributed by atoms with E-state index in [1.54, 1.807) is 6.20 Å². The summed E-state index contributed by atoms with van der Waals surface area (Å²) in [6, 6.07) is 8.18. The minimum Gasteiger partial charge on any atom is -0.375 e. The first-order valence-electron chi connectivity index (χ1n) is 4.89. The minimum absolute atomic E-state index is 0.593. The first-order chi connectivity index (χ1) is 7.84. The lowest BCUT2D eigenvalue weighted by Crippen LogP contribution is -1.79. The van der Waals surface area contributed by atoms with Crippen molar-refractivity contribution in [1.29, 1.82) is 0 Å². The Morgan fingerprint density at radius 2 is 2.06 bits per heavy atom. The molecule has 3 aromatic rings. The summed E-state index contributed by atoms with van der Waals surface area (Å²) in [6.07, 6.45) is 5.48. The zero-order chi connectivity index (χ0) is 11.0. The van der Waals surface area contributed by atoms with E-state index >= 15 is 0 Å². The van der Waals surface area contributed by atoms with E-state index in [2.05, 4.69) is 22.1 Å². The van der Waals surface area contributed by atoms with Gasteiger partial charge in [0.25, 0.3) is 0 Å². The number of rotatable bonds is 1. The summed E-state index contributed by atoms with van der Waals surface area (Å²) in [5.41, 5.74) is 6.79. The van der Waals surface area contributed by atoms with Crippen LogP contribution in [0.4, 0.5) is 5.13 Å². The Hall–Kier alpha value is -1.94. The molecule has 3 nitrogen and oxygen atoms in total. The van der Waals surface area contributed by atoms with Gasteiger partial charge in [0.05, 0.1) is 4.88 Å². The van der Waals surface area contributed by atoms with Crippen LogP contribution in [0.5, 0.6) is 0 Å². The predicted octanol–water partition coefficient (Wildman–Crippen LogP) is 2.94. The van der Waals surface area contributed by atoms with E-state index in [0.717, 1.165) is 15.8 Å². The highest BCUT2D eigenvalue weighted by Gasteiger charge is 2.06. The second kappa shape index (κ2) is 3.57. The first kappa shape index (κ1) is 9.30. The maximum absolute atomic E-state index is 5.65. The van der Waals surface area contributed by atoms with E-state index in [0.29, 0.717) is 5.13 Å². The summed E-state index contributed by atoms with van der Waals surface area (Å²) in [7, 11) is 0. The number of aromatic nitrogens is 2. The third-order valence-electron chi connectivity index (χ3n) is 2.47. The number of hydrogen-bond acceptors (Lipinski definition) is 4. The topological polar surface area (TPSA) is 51.8 Å². The van der Waals surface area contributed by atoms with Crippen molar-refractivity contribution in [3.05, 3.63) is 42.9 Å². The van der Waals surface area contributed by atoms with E-state index in [9.17, 15) is 0 Å². The highest BCUT2D eigenvalue weighted by molar-refractivity contribution is 7.18. The Morgan fingerprint density at radius 1 is 1.12 bits per heavy atom. The normalized spacial score (nSPS) is 10.8. The van der Waals surface area contributed by atoms with Crippen molar-refractivity contribution in [3.63, 3.8) is 0 Å². The molecule has 0 unspecified atom stereocenters. The van der Waals surface area contributed by atoms with Crippen LogP contribution in [0.15, 0.2) is 42.9 Å². The van der Waals surface area contributed by atoms with Crippen LogP contribution in [-0.4, -0.2) is 9.97 Å². The Balaban J connectivity index is 2.31. The van der Waals surface area contributed by atoms with E-state index in [-0.39, 0.29) is 0 Å². The summed E-state index contributed by atoms with van der Waals surface area (Å²) >= 11 is 1.49. The Kier molecular flexibility index (Phi) is 2.08. The first-order valence-corrected chi connectivity index (χ1v) is 5.70. The molecule has 3 rings (SSSR count). The number of fused-ring (bicyclic) bond motifs is 1. The second-order valence-corrected chi connectivity index (χ2v) is 4.53. The summed E-state index contributed by atoms with van der Waals surface area (Å²) in [5, 5.41) is 2.91. The number of hydrogen-bond donors (Lipinski definition) is 1. The third-order valence-corrected chi connectivity index (χ3v) is 3.33. The molecule has 0 spiro atoms. The smallest absolute Gasteiger partial charge is 0.180 e. The number of benzene rings is 1. The van der Waals surface area contributed by atoms with Gasteiger partial charge < -0.3 is 5.73 Å². The quantitative estimate of drug-likeness (QED) is 0.695. The largest absolute Gasteiger partial charge is 0.375 e. The SMILES string of the molecule is Nc1ncc(-c2cccc3ccncc23)s1. The highest BCUT2D eigenvalue weighted by Crippen LogP contribution is 2.32. The monoisotopic (exact) mass is 227 g/mol. The maximum Gasteiger partial charge on any atom is 0.180 e. The number of nitrogen functional groups attached to an aromatic ring is 1. The van der Waals surface area contributed by atoms with Gasteiger partial charge >= 0.3 is 0 Å². The van der Waals surface area contributed by atoms with E-state index < -0.39 is 0 Å². The van der Waals surface area contributed by atoms with Gasteiger partial charge in [-0.15, -0.1) is 0 Å². The molecule has 78 valence electrons. The fourth-order valence-corrected chi connectivity index (χ4v) is 2.46. The maximum atomic E-state index is 5.65. The molecule has 1 aromatic carbocycles. The van der Waals surface area contributed by atoms with Gasteiger partial charge in [-0.05, 0) is 11.5 Å². The molecule has 2 heterocycles. The van der Waals surface area contributed by atoms with Crippen molar-refractivity contribution in [3.8, 4) is 10.4 Å². The van der Waals surface area contributed by atoms with Crippen molar-refractivity contribution in [1.82, 2.24) is 9.97 Å². The van der Waals surface area contributed by atoms with Gasteiger partial charge in [0.15, 0.2) is 5.13 Å². The third kappa shape index (κ3) is 1.44. The lowest BCUT2D eigenvalue weighted by atomic mass is 10.1. The molecule has 16 heavy (non-hydrogen) atoms. The van der Waals surface area contributed by atoms with E-state index in [1.807, 2.05) is 24.5 Å². The van der Waals surface area contributed by atoms with Crippen LogP contribution >= 0.6 is 11.3 Å². The Labute approximate surface area is 96.6 Å². The number of nitrogens with zero attached hydrogens (tertiary/aromatic N) is 2. The molecule has 0 bridgehead atoms. The average Bonchev–Trinajstić information content (AvgIpc) is 2.75. The molecule has 0 saturated carbocycles. The van der Waals surface area contributed by atoms with Gasteiger partial charge in [-0.1, -0.05) is 29.5 Å². The lowest BCUT2D eigenvalue weighted by molar-refractivity contribution is 1.36. The van der Waals surface area contributed by atoms with Crippen LogP contribution in [-0.2, 0) is 0 Å². The molecule has 2 aromatic heterocycles. The van der Waals surface area contributed by atoms with E-state index in [4.69, 9.17) is 5.73 Å². The van der Waals surface area contributed by atoms with Crippen LogP contribution in [0, 0.1) is 0 Å². The molecule has 0 atom stereocenters. The van der Waals surface area contributed by atoms with Crippen LogP contribution in [0.2, 0.25) is 0 Å². The number of anilines is 1. The predicted molar refractivity (Wildman–Crippen MR) is 67.3 cm³/mol. The summed E-state index contributed by atoms with van der Waals surface area (Å²) in [6.45, 7) is 0. The molecule has 0 radical (unpaired) electrons. The van der Waals surface area contributed by atoms with Crippen LogP contribution in [0.25, 0.3) is 21.2 Å². The Morgan fingerprint density at radius 3 is 2.88 bits per heavy atom. The fraction of sp³-hybridized carbons (Fsp3) is 0. The standard InChI is InChI=1S/C12H9N3S/c13-12-15-7-11(16-12)9-3-1-2-8-4-5-14-6-10(8)9/h1-7H,(H2,13,15). The molecule has 0 amide bonds. The molecule has 0 aliphatic heterocycles. The van der Waals surface area contributed by atoms with Gasteiger partial charge in [0, 0.05) is 29.5 Å². The number of nitrogens with two attached hydrogens (primary N) is 1. The lowest BCUT2D eigenvalue weighted by Gasteiger charge is -2.02. The van der Waals surface area contributed by atoms with E-state index in [1.165, 1.54) is 16.7 Å². The molecular formula is C12H9N3S. The van der Waals surface area contributed by atoms with Crippen LogP contribution < -0.4 is 5.73 Å². The average molecular weight is 227 g/mol. The van der Waals surface area contributed by atoms with Crippen molar-refractivity contribution < 1.29 is 0 Å². The van der Waals surface area contributed by atoms with Gasteiger partial charge in [0.1, 0.15) is 0 Å². The van der Waals surface area contributed by atoms with Gasteiger partial charge in [-0.3, -0.25) is 4.98 Å². The summed E-state index contributed by atoms with van der Waals surface area (Å²) < 4.78 is 0. The summed E-state index contributed by atoms with van der Waals surface area (Å²) in [4.78, 5) is 9.31. The van der Waals surface area contributed by atoms with Crippen molar-refractivity contribution in [2.75, 3.05) is 5.73 Å². The van der Waals surface area contributed by atoms with Gasteiger partial charge in [-0.25, -0.2) is 4.98 Å². The zero-order valence-corrected chi connectivity index (χ0v) is 9.24. The fourth-order valence-electron chi connectivity index (χ4n) is 1.74. The summed E-state index contributed by atoms with van der Waals surface area (Å²) in [5.74, 6) is 0. The molecule has 0 fully saturated rings. The Bertz CT molecular complexity index is 640. The molecule has 2 N–H and O–H groups in total. The molecule has 4 heteroatoms. The zero-order valence-electron chi connectivity index (χ0n) is 8.42. The second-order valence-electron chi connectivity index (χ2n) is 3.47. The van der Waals surface area contributed by atoms with Gasteiger partial charge in [-0.2, -0.15) is 0 Å². The number of pyridine rings is 1.